The van der Waals surface area contributed by atoms with Crippen molar-refractivity contribution in [2.75, 3.05) is 25.0 Å². The van der Waals surface area contributed by atoms with Crippen LogP contribution in [0.15, 0.2) is 83.3 Å². The maximum Gasteiger partial charge on any atom is 0.255 e. The number of anilines is 1. The molecule has 6 heteroatoms. The Labute approximate surface area is 218 Å². The fraction of sp³-hybridized carbons (Fsp3) is 0.258. The van der Waals surface area contributed by atoms with Crippen LogP contribution in [0.5, 0.6) is 0 Å². The zero-order valence-corrected chi connectivity index (χ0v) is 21.7. The molecule has 6 nitrogen and oxygen atoms in total. The van der Waals surface area contributed by atoms with Gasteiger partial charge < -0.3 is 9.73 Å². The maximum absolute atomic E-state index is 13.4. The smallest absolute Gasteiger partial charge is 0.255 e. The Morgan fingerprint density at radius 2 is 1.49 bits per heavy atom. The highest BCUT2D eigenvalue weighted by atomic mass is 16.4. The summed E-state index contributed by atoms with van der Waals surface area (Å²) >= 11 is 0. The minimum atomic E-state index is -0.167. The molecule has 0 saturated heterocycles. The van der Waals surface area contributed by atoms with Crippen molar-refractivity contribution >= 4 is 17.4 Å². The summed E-state index contributed by atoms with van der Waals surface area (Å²) in [7, 11) is 0. The van der Waals surface area contributed by atoms with Gasteiger partial charge in [0.15, 0.2) is 17.2 Å². The highest BCUT2D eigenvalue weighted by molar-refractivity contribution is 6.05. The Morgan fingerprint density at radius 3 is 2.14 bits per heavy atom. The van der Waals surface area contributed by atoms with E-state index in [2.05, 4.69) is 29.0 Å². The van der Waals surface area contributed by atoms with E-state index in [1.54, 1.807) is 6.07 Å². The number of hydrogen-bond acceptors (Lipinski definition) is 5. The average molecular weight is 496 g/mol. The minimum absolute atomic E-state index is 0.0697. The van der Waals surface area contributed by atoms with Gasteiger partial charge in [-0.3, -0.25) is 14.5 Å². The molecule has 0 aliphatic heterocycles. The molecule has 0 saturated carbocycles. The van der Waals surface area contributed by atoms with Gasteiger partial charge in [0.25, 0.3) is 5.91 Å². The molecule has 0 aliphatic rings. The van der Waals surface area contributed by atoms with Crippen molar-refractivity contribution in [3.63, 3.8) is 0 Å². The summed E-state index contributed by atoms with van der Waals surface area (Å²) in [5.74, 6) is 0.612. The van der Waals surface area contributed by atoms with E-state index >= 15 is 0 Å². The lowest BCUT2D eigenvalue weighted by Crippen LogP contribution is -2.31. The Morgan fingerprint density at radius 1 is 0.838 bits per heavy atom. The van der Waals surface area contributed by atoms with Gasteiger partial charge in [-0.2, -0.15) is 0 Å². The zero-order valence-electron chi connectivity index (χ0n) is 21.7. The first-order valence-corrected chi connectivity index (χ1v) is 12.8. The van der Waals surface area contributed by atoms with Crippen LogP contribution < -0.4 is 5.32 Å². The first kappa shape index (κ1) is 26.0. The highest BCUT2D eigenvalue weighted by Gasteiger charge is 2.24. The molecule has 0 aliphatic carbocycles. The number of nitrogens with one attached hydrogen (secondary N) is 1. The Hall–Kier alpha value is -4.03. The third kappa shape index (κ3) is 6.40. The SMILES string of the molecule is CCCN(CCC)CC(=O)c1nc(-c2ccccc2)oc1-c1ccc(NC(=O)c2ccccc2C)cc1. The summed E-state index contributed by atoms with van der Waals surface area (Å²) in [5.41, 5.74) is 4.06. The van der Waals surface area contributed by atoms with Gasteiger partial charge in [-0.15, -0.1) is 0 Å². The normalized spacial score (nSPS) is 11.0. The molecule has 0 spiro atoms. The molecule has 4 aromatic rings. The van der Waals surface area contributed by atoms with Crippen LogP contribution in [0.2, 0.25) is 0 Å². The number of nitrogens with zero attached hydrogens (tertiary/aromatic N) is 2. The van der Waals surface area contributed by atoms with Gasteiger partial charge in [-0.25, -0.2) is 4.98 Å². The molecule has 0 bridgehead atoms. The number of amides is 1. The van der Waals surface area contributed by atoms with Crippen molar-refractivity contribution < 1.29 is 14.0 Å². The van der Waals surface area contributed by atoms with Crippen molar-refractivity contribution in [1.82, 2.24) is 9.88 Å². The molecular weight excluding hydrogens is 462 g/mol. The van der Waals surface area contributed by atoms with Crippen LogP contribution in [0, 0.1) is 6.92 Å². The van der Waals surface area contributed by atoms with E-state index in [0.29, 0.717) is 35.1 Å². The Balaban J connectivity index is 1.62. The number of rotatable bonds is 11. The van der Waals surface area contributed by atoms with Gasteiger partial charge >= 0.3 is 0 Å². The lowest BCUT2D eigenvalue weighted by molar-refractivity contribution is 0.0926. The van der Waals surface area contributed by atoms with E-state index < -0.39 is 0 Å². The number of hydrogen-bond donors (Lipinski definition) is 1. The van der Waals surface area contributed by atoms with Crippen LogP contribution in [0.1, 0.15) is 53.1 Å². The summed E-state index contributed by atoms with van der Waals surface area (Å²) < 4.78 is 6.18. The summed E-state index contributed by atoms with van der Waals surface area (Å²) in [6, 6.07) is 24.3. The molecule has 3 aromatic carbocycles. The van der Waals surface area contributed by atoms with Crippen LogP contribution in [-0.2, 0) is 0 Å². The third-order valence-electron chi connectivity index (χ3n) is 6.15. The molecule has 1 N–H and O–H groups in total. The molecular formula is C31H33N3O3. The molecule has 1 amide bonds. The predicted octanol–water partition coefficient (Wildman–Crippen LogP) is 6.87. The lowest BCUT2D eigenvalue weighted by atomic mass is 10.1. The van der Waals surface area contributed by atoms with Crippen LogP contribution >= 0.6 is 0 Å². The first-order valence-electron chi connectivity index (χ1n) is 12.8. The van der Waals surface area contributed by atoms with E-state index in [1.165, 1.54) is 0 Å². The van der Waals surface area contributed by atoms with E-state index in [4.69, 9.17) is 4.42 Å². The van der Waals surface area contributed by atoms with E-state index in [9.17, 15) is 9.59 Å². The van der Waals surface area contributed by atoms with Crippen LogP contribution in [-0.4, -0.2) is 41.2 Å². The standard InChI is InChI=1S/C31H33N3O3/c1-4-19-34(20-5-2)21-27(35)28-29(37-31(33-28)24-12-7-6-8-13-24)23-15-17-25(18-16-23)32-30(36)26-14-10-9-11-22(26)3/h6-18H,4-5,19-21H2,1-3H3,(H,32,36). The van der Waals surface area contributed by atoms with Crippen LogP contribution in [0.3, 0.4) is 0 Å². The van der Waals surface area contributed by atoms with Gasteiger partial charge in [-0.05, 0) is 80.9 Å². The monoisotopic (exact) mass is 495 g/mol. The molecule has 0 atom stereocenters. The molecule has 190 valence electrons. The minimum Gasteiger partial charge on any atom is -0.435 e. The van der Waals surface area contributed by atoms with Gasteiger partial charge in [0.1, 0.15) is 0 Å². The number of aromatic nitrogens is 1. The van der Waals surface area contributed by atoms with Crippen molar-refractivity contribution in [3.8, 4) is 22.8 Å². The zero-order chi connectivity index (χ0) is 26.2. The fourth-order valence-corrected chi connectivity index (χ4v) is 4.32. The van der Waals surface area contributed by atoms with E-state index in [-0.39, 0.29) is 11.7 Å². The number of carbonyl (C=O) groups is 2. The fourth-order valence-electron chi connectivity index (χ4n) is 4.32. The van der Waals surface area contributed by atoms with E-state index in [0.717, 1.165) is 42.6 Å². The van der Waals surface area contributed by atoms with Crippen LogP contribution in [0.4, 0.5) is 5.69 Å². The van der Waals surface area contributed by atoms with Gasteiger partial charge in [0.2, 0.25) is 5.89 Å². The maximum atomic E-state index is 13.4. The number of oxazole rings is 1. The van der Waals surface area contributed by atoms with Gasteiger partial charge in [0.05, 0.1) is 6.54 Å². The Bertz CT molecular complexity index is 1340. The number of benzene rings is 3. The molecule has 0 fully saturated rings. The number of aryl methyl sites for hydroxylation is 1. The van der Waals surface area contributed by atoms with Crippen molar-refractivity contribution in [3.05, 3.63) is 95.7 Å². The van der Waals surface area contributed by atoms with Gasteiger partial charge in [-0.1, -0.05) is 50.2 Å². The second-order valence-corrected chi connectivity index (χ2v) is 9.11. The molecule has 1 heterocycles. The summed E-state index contributed by atoms with van der Waals surface area (Å²) in [6.07, 6.45) is 1.95. The second-order valence-electron chi connectivity index (χ2n) is 9.11. The quantitative estimate of drug-likeness (QED) is 0.230. The second kappa shape index (κ2) is 12.3. The summed E-state index contributed by atoms with van der Waals surface area (Å²) in [4.78, 5) is 32.9. The molecule has 1 aromatic heterocycles. The molecule has 37 heavy (non-hydrogen) atoms. The predicted molar refractivity (Wildman–Crippen MR) is 148 cm³/mol. The number of Topliss-reactive ketones (excluding diaryl/α,β-unsaturated/α-hetero) is 1. The van der Waals surface area contributed by atoms with Crippen molar-refractivity contribution in [2.45, 2.75) is 33.6 Å². The van der Waals surface area contributed by atoms with E-state index in [1.807, 2.05) is 79.7 Å². The summed E-state index contributed by atoms with van der Waals surface area (Å²) in [5, 5.41) is 2.94. The van der Waals surface area contributed by atoms with Crippen LogP contribution in [0.25, 0.3) is 22.8 Å². The molecule has 0 radical (unpaired) electrons. The van der Waals surface area contributed by atoms with Crippen molar-refractivity contribution in [2.24, 2.45) is 0 Å². The average Bonchev–Trinajstić information content (AvgIpc) is 3.36. The lowest BCUT2D eigenvalue weighted by Gasteiger charge is -2.19. The topological polar surface area (TPSA) is 75.4 Å². The largest absolute Gasteiger partial charge is 0.435 e. The Kier molecular flexibility index (Phi) is 8.64. The number of ketones is 1. The third-order valence-corrected chi connectivity index (χ3v) is 6.15. The first-order chi connectivity index (χ1) is 18.0. The van der Waals surface area contributed by atoms with Crippen molar-refractivity contribution in [1.29, 1.82) is 0 Å². The molecule has 4 rings (SSSR count). The van der Waals surface area contributed by atoms with Gasteiger partial charge in [0, 0.05) is 22.4 Å². The summed E-state index contributed by atoms with van der Waals surface area (Å²) in [6.45, 7) is 8.14. The molecule has 0 unspecified atom stereocenters. The number of carbonyl (C=O) groups excluding carboxylic acids is 2. The highest BCUT2D eigenvalue weighted by Crippen LogP contribution is 2.31.